The molecule has 6 nitrogen and oxygen atoms in total. The Kier molecular flexibility index (Phi) is 5.54. The fourth-order valence-corrected chi connectivity index (χ4v) is 2.58. The largest absolute Gasteiger partial charge is 0.504 e. The molecule has 0 spiro atoms. The Morgan fingerprint density at radius 3 is 2.58 bits per heavy atom. The third-order valence-electron chi connectivity index (χ3n) is 3.14. The summed E-state index contributed by atoms with van der Waals surface area (Å²) < 4.78 is 5.15. The molecule has 0 saturated heterocycles. The maximum absolute atomic E-state index is 12.1. The van der Waals surface area contributed by atoms with Gasteiger partial charge in [-0.1, -0.05) is 23.2 Å². The standard InChI is InChI=1S/C16H13Cl2NO5/c1-24-16-8(4-9(17)5-11(16)18)6-19-7-13(21)10-2-3-12(20)15(23)14(10)22/h2-6,20,22-23H,7H2,1H3. The summed E-state index contributed by atoms with van der Waals surface area (Å²) in [6.07, 6.45) is 1.37. The van der Waals surface area contributed by atoms with Gasteiger partial charge in [-0.2, -0.15) is 0 Å². The molecular formula is C16H13Cl2NO5. The van der Waals surface area contributed by atoms with Crippen molar-refractivity contribution < 1.29 is 24.9 Å². The van der Waals surface area contributed by atoms with Gasteiger partial charge in [-0.25, -0.2) is 0 Å². The number of ether oxygens (including phenoxy) is 1. The Balaban J connectivity index is 2.21. The summed E-state index contributed by atoms with van der Waals surface area (Å²) >= 11 is 11.9. The van der Waals surface area contributed by atoms with E-state index in [0.29, 0.717) is 21.4 Å². The molecular weight excluding hydrogens is 357 g/mol. The van der Waals surface area contributed by atoms with E-state index >= 15 is 0 Å². The maximum atomic E-state index is 12.1. The quantitative estimate of drug-likeness (QED) is 0.426. The number of phenols is 3. The van der Waals surface area contributed by atoms with E-state index < -0.39 is 23.0 Å². The molecule has 126 valence electrons. The van der Waals surface area contributed by atoms with Crippen molar-refractivity contribution in [2.24, 2.45) is 4.99 Å². The molecule has 0 aliphatic heterocycles. The van der Waals surface area contributed by atoms with E-state index in [9.17, 15) is 20.1 Å². The van der Waals surface area contributed by atoms with Crippen molar-refractivity contribution in [1.82, 2.24) is 0 Å². The van der Waals surface area contributed by atoms with Gasteiger partial charge in [0.1, 0.15) is 12.3 Å². The number of hydrogen-bond donors (Lipinski definition) is 3. The van der Waals surface area contributed by atoms with Gasteiger partial charge in [-0.15, -0.1) is 0 Å². The minimum atomic E-state index is -0.756. The Morgan fingerprint density at radius 2 is 1.92 bits per heavy atom. The average Bonchev–Trinajstić information content (AvgIpc) is 2.52. The Morgan fingerprint density at radius 1 is 1.21 bits per heavy atom. The van der Waals surface area contributed by atoms with E-state index in [2.05, 4.69) is 4.99 Å². The Hall–Kier alpha value is -2.44. The highest BCUT2D eigenvalue weighted by Crippen LogP contribution is 2.37. The molecule has 24 heavy (non-hydrogen) atoms. The van der Waals surface area contributed by atoms with Crippen molar-refractivity contribution in [3.05, 3.63) is 45.4 Å². The van der Waals surface area contributed by atoms with Crippen molar-refractivity contribution in [3.63, 3.8) is 0 Å². The first-order valence-corrected chi connectivity index (χ1v) is 7.40. The molecule has 0 fully saturated rings. The van der Waals surface area contributed by atoms with E-state index in [1.807, 2.05) is 0 Å². The molecule has 0 aromatic heterocycles. The lowest BCUT2D eigenvalue weighted by molar-refractivity contribution is 0.0999. The first-order valence-electron chi connectivity index (χ1n) is 6.65. The number of aromatic hydroxyl groups is 3. The van der Waals surface area contributed by atoms with Crippen molar-refractivity contribution in [1.29, 1.82) is 0 Å². The number of hydrogen-bond acceptors (Lipinski definition) is 6. The summed E-state index contributed by atoms with van der Waals surface area (Å²) in [6, 6.07) is 5.39. The minimum Gasteiger partial charge on any atom is -0.504 e. The molecule has 0 unspecified atom stereocenters. The maximum Gasteiger partial charge on any atom is 0.201 e. The van der Waals surface area contributed by atoms with Crippen LogP contribution in [0.1, 0.15) is 15.9 Å². The fourth-order valence-electron chi connectivity index (χ4n) is 2.00. The van der Waals surface area contributed by atoms with Gasteiger partial charge >= 0.3 is 0 Å². The summed E-state index contributed by atoms with van der Waals surface area (Å²) in [6.45, 7) is -0.301. The van der Waals surface area contributed by atoms with E-state index in [1.165, 1.54) is 25.5 Å². The third-order valence-corrected chi connectivity index (χ3v) is 3.64. The van der Waals surface area contributed by atoms with E-state index in [-0.39, 0.29) is 12.1 Å². The van der Waals surface area contributed by atoms with Crippen LogP contribution in [0.5, 0.6) is 23.0 Å². The van der Waals surface area contributed by atoms with Gasteiger partial charge in [0.15, 0.2) is 17.3 Å². The smallest absolute Gasteiger partial charge is 0.201 e. The number of rotatable bonds is 5. The Bertz CT molecular complexity index is 821. The van der Waals surface area contributed by atoms with Crippen molar-refractivity contribution in [2.45, 2.75) is 0 Å². The zero-order valence-corrected chi connectivity index (χ0v) is 14.0. The van der Waals surface area contributed by atoms with Gasteiger partial charge in [0.25, 0.3) is 0 Å². The number of halogens is 2. The predicted molar refractivity (Wildman–Crippen MR) is 91.2 cm³/mol. The zero-order valence-electron chi connectivity index (χ0n) is 12.5. The zero-order chi connectivity index (χ0) is 17.9. The molecule has 0 atom stereocenters. The molecule has 0 aliphatic carbocycles. The molecule has 0 bridgehead atoms. The number of nitrogens with zero attached hydrogens (tertiary/aromatic N) is 1. The van der Waals surface area contributed by atoms with Gasteiger partial charge in [0, 0.05) is 16.8 Å². The van der Waals surface area contributed by atoms with Crippen LogP contribution in [0.3, 0.4) is 0 Å². The van der Waals surface area contributed by atoms with Crippen molar-refractivity contribution in [2.75, 3.05) is 13.7 Å². The summed E-state index contributed by atoms with van der Waals surface area (Å²) in [4.78, 5) is 16.0. The molecule has 0 amide bonds. The second kappa shape index (κ2) is 7.42. The van der Waals surface area contributed by atoms with Gasteiger partial charge in [0.2, 0.25) is 5.75 Å². The molecule has 2 aromatic rings. The number of carbonyl (C=O) groups is 1. The van der Waals surface area contributed by atoms with Crippen LogP contribution in [-0.2, 0) is 0 Å². The topological polar surface area (TPSA) is 99.4 Å². The summed E-state index contributed by atoms with van der Waals surface area (Å²) in [5.74, 6) is -2.16. The molecule has 8 heteroatoms. The third kappa shape index (κ3) is 3.72. The lowest BCUT2D eigenvalue weighted by Crippen LogP contribution is -2.04. The second-order valence-electron chi connectivity index (χ2n) is 4.73. The molecule has 0 heterocycles. The van der Waals surface area contributed by atoms with Crippen LogP contribution in [-0.4, -0.2) is 41.0 Å². The number of ketones is 1. The summed E-state index contributed by atoms with van der Waals surface area (Å²) in [5.41, 5.74) is 0.333. The highest BCUT2D eigenvalue weighted by molar-refractivity contribution is 6.36. The lowest BCUT2D eigenvalue weighted by atomic mass is 10.1. The Labute approximate surface area is 147 Å². The molecule has 0 aliphatic rings. The molecule has 0 saturated carbocycles. The van der Waals surface area contributed by atoms with Crippen LogP contribution in [0, 0.1) is 0 Å². The second-order valence-corrected chi connectivity index (χ2v) is 5.58. The van der Waals surface area contributed by atoms with E-state index in [0.717, 1.165) is 6.07 Å². The molecule has 0 radical (unpaired) electrons. The van der Waals surface area contributed by atoms with Crippen LogP contribution in [0.2, 0.25) is 10.0 Å². The highest BCUT2D eigenvalue weighted by atomic mass is 35.5. The fraction of sp³-hybridized carbons (Fsp3) is 0.125. The van der Waals surface area contributed by atoms with Crippen LogP contribution in [0.15, 0.2) is 29.3 Å². The summed E-state index contributed by atoms with van der Waals surface area (Å²) in [5, 5.41) is 29.1. The normalized spacial score (nSPS) is 11.0. The minimum absolute atomic E-state index is 0.154. The number of Topliss-reactive ketones (excluding diaryl/α,β-unsaturated/α-hetero) is 1. The number of phenolic OH excluding ortho intramolecular Hbond substituents is 3. The number of methoxy groups -OCH3 is 1. The van der Waals surface area contributed by atoms with E-state index in [4.69, 9.17) is 27.9 Å². The van der Waals surface area contributed by atoms with Gasteiger partial charge in [0.05, 0.1) is 17.7 Å². The summed E-state index contributed by atoms with van der Waals surface area (Å²) in [7, 11) is 1.44. The first kappa shape index (κ1) is 17.9. The number of benzene rings is 2. The average molecular weight is 370 g/mol. The first-order chi connectivity index (χ1) is 11.3. The number of carbonyl (C=O) groups excluding carboxylic acids is 1. The predicted octanol–water partition coefficient (Wildman–Crippen LogP) is 3.42. The van der Waals surface area contributed by atoms with E-state index in [1.54, 1.807) is 6.07 Å². The van der Waals surface area contributed by atoms with Gasteiger partial charge in [-0.05, 0) is 24.3 Å². The van der Waals surface area contributed by atoms with Crippen LogP contribution >= 0.6 is 23.2 Å². The van der Waals surface area contributed by atoms with Gasteiger partial charge in [-0.3, -0.25) is 9.79 Å². The van der Waals surface area contributed by atoms with Crippen LogP contribution in [0.25, 0.3) is 0 Å². The van der Waals surface area contributed by atoms with Crippen LogP contribution in [0.4, 0.5) is 0 Å². The molecule has 2 aromatic carbocycles. The molecule has 3 N–H and O–H groups in total. The van der Waals surface area contributed by atoms with Crippen molar-refractivity contribution >= 4 is 35.2 Å². The monoisotopic (exact) mass is 369 g/mol. The van der Waals surface area contributed by atoms with Gasteiger partial charge < -0.3 is 20.1 Å². The SMILES string of the molecule is COc1c(Cl)cc(Cl)cc1C=NCC(=O)c1ccc(O)c(O)c1O. The highest BCUT2D eigenvalue weighted by Gasteiger charge is 2.16. The van der Waals surface area contributed by atoms with Crippen molar-refractivity contribution in [3.8, 4) is 23.0 Å². The lowest BCUT2D eigenvalue weighted by Gasteiger charge is -2.07. The molecule has 2 rings (SSSR count). The number of aliphatic imine (C=N–C) groups is 1. The van der Waals surface area contributed by atoms with Crippen LogP contribution < -0.4 is 4.74 Å².